The Balaban J connectivity index is 1.80. The lowest BCUT2D eigenvalue weighted by Crippen LogP contribution is -2.33. The predicted octanol–water partition coefficient (Wildman–Crippen LogP) is 3.09. The molecule has 3 heterocycles. The molecule has 0 bridgehead atoms. The molecule has 4 nitrogen and oxygen atoms in total. The zero-order chi connectivity index (χ0) is 15.6. The first-order chi connectivity index (χ1) is 11.3. The molecule has 0 radical (unpaired) electrons. The number of rotatable bonds is 2. The lowest BCUT2D eigenvalue weighted by molar-refractivity contribution is 0.563. The van der Waals surface area contributed by atoms with Gasteiger partial charge in [0.15, 0.2) is 0 Å². The number of aromatic nitrogens is 2. The third-order valence-corrected chi connectivity index (χ3v) is 4.89. The number of nitrogens with one attached hydrogen (secondary N) is 1. The van der Waals surface area contributed by atoms with Gasteiger partial charge < -0.3 is 10.2 Å². The van der Waals surface area contributed by atoms with Gasteiger partial charge in [0.25, 0.3) is 0 Å². The summed E-state index contributed by atoms with van der Waals surface area (Å²) in [5.41, 5.74) is 6.11. The molecule has 0 spiro atoms. The molecule has 4 heteroatoms. The van der Waals surface area contributed by atoms with Gasteiger partial charge >= 0.3 is 0 Å². The Labute approximate surface area is 138 Å². The minimum Gasteiger partial charge on any atom is -0.341 e. The highest BCUT2D eigenvalue weighted by atomic mass is 15.3. The fourth-order valence-electron chi connectivity index (χ4n) is 3.52. The number of hydrogen-bond donors (Lipinski definition) is 1. The maximum absolute atomic E-state index is 4.98. The minimum atomic E-state index is 0.874. The van der Waals surface area contributed by atoms with E-state index in [1.807, 2.05) is 0 Å². The van der Waals surface area contributed by atoms with E-state index in [9.17, 15) is 0 Å². The molecular formula is C19H24N4. The third kappa shape index (κ3) is 2.95. The van der Waals surface area contributed by atoms with Crippen LogP contribution in [0.2, 0.25) is 0 Å². The van der Waals surface area contributed by atoms with E-state index in [0.717, 1.165) is 44.2 Å². The summed E-state index contributed by atoms with van der Waals surface area (Å²) in [6, 6.07) is 8.71. The summed E-state index contributed by atoms with van der Waals surface area (Å²) in [6.45, 7) is 6.18. The number of fused-ring (bicyclic) bond motifs is 1. The fourth-order valence-corrected chi connectivity index (χ4v) is 3.52. The molecule has 0 saturated carbocycles. The van der Waals surface area contributed by atoms with Gasteiger partial charge in [-0.25, -0.2) is 9.97 Å². The summed E-state index contributed by atoms with van der Waals surface area (Å²) < 4.78 is 0. The van der Waals surface area contributed by atoms with Crippen molar-refractivity contribution in [3.8, 4) is 11.3 Å². The molecule has 120 valence electrons. The van der Waals surface area contributed by atoms with Gasteiger partial charge in [0.2, 0.25) is 5.95 Å². The summed E-state index contributed by atoms with van der Waals surface area (Å²) in [5, 5.41) is 3.47. The van der Waals surface area contributed by atoms with Gasteiger partial charge in [-0.05, 0) is 26.2 Å². The summed E-state index contributed by atoms with van der Waals surface area (Å²) in [7, 11) is 0. The normalized spacial score (nSPS) is 17.9. The van der Waals surface area contributed by atoms with Gasteiger partial charge in [0, 0.05) is 43.7 Å². The number of nitrogens with zero attached hydrogens (tertiary/aromatic N) is 3. The molecule has 23 heavy (non-hydrogen) atoms. The summed E-state index contributed by atoms with van der Waals surface area (Å²) >= 11 is 0. The Morgan fingerprint density at radius 3 is 2.57 bits per heavy atom. The second-order valence-corrected chi connectivity index (χ2v) is 6.64. The van der Waals surface area contributed by atoms with Crippen LogP contribution in [0.25, 0.3) is 11.3 Å². The maximum Gasteiger partial charge on any atom is 0.226 e. The Hall–Kier alpha value is -1.94. The smallest absolute Gasteiger partial charge is 0.226 e. The van der Waals surface area contributed by atoms with Gasteiger partial charge in [-0.3, -0.25) is 0 Å². The van der Waals surface area contributed by atoms with Crippen LogP contribution in [0, 0.1) is 6.92 Å². The molecule has 0 atom stereocenters. The highest BCUT2D eigenvalue weighted by molar-refractivity contribution is 5.66. The van der Waals surface area contributed by atoms with Crippen molar-refractivity contribution < 1.29 is 0 Å². The minimum absolute atomic E-state index is 0.874. The van der Waals surface area contributed by atoms with E-state index in [4.69, 9.17) is 9.97 Å². The van der Waals surface area contributed by atoms with Crippen LogP contribution in [0.5, 0.6) is 0 Å². The van der Waals surface area contributed by atoms with Crippen LogP contribution in [-0.2, 0) is 13.0 Å². The Kier molecular flexibility index (Phi) is 4.00. The Morgan fingerprint density at radius 2 is 1.78 bits per heavy atom. The highest BCUT2D eigenvalue weighted by Crippen LogP contribution is 2.29. The molecular weight excluding hydrogens is 284 g/mol. The van der Waals surface area contributed by atoms with Crippen molar-refractivity contribution in [3.05, 3.63) is 41.1 Å². The molecule has 1 aromatic carbocycles. The molecule has 4 rings (SSSR count). The second kappa shape index (κ2) is 6.28. The number of hydrogen-bond acceptors (Lipinski definition) is 4. The standard InChI is InChI=1S/C19H24N4/c1-14-5-7-15(8-6-14)18-16-13-20-10-9-17(16)21-19(22-18)23-11-3-2-4-12-23/h5-8,20H,2-4,9-13H2,1H3. The summed E-state index contributed by atoms with van der Waals surface area (Å²) in [5.74, 6) is 0.931. The molecule has 1 aromatic heterocycles. The van der Waals surface area contributed by atoms with Crippen molar-refractivity contribution in [2.45, 2.75) is 39.2 Å². The quantitative estimate of drug-likeness (QED) is 0.925. The van der Waals surface area contributed by atoms with Gasteiger partial charge in [-0.2, -0.15) is 0 Å². The second-order valence-electron chi connectivity index (χ2n) is 6.64. The highest BCUT2D eigenvalue weighted by Gasteiger charge is 2.21. The molecule has 1 fully saturated rings. The molecule has 0 unspecified atom stereocenters. The van der Waals surface area contributed by atoms with E-state index >= 15 is 0 Å². The molecule has 2 aliphatic heterocycles. The zero-order valence-electron chi connectivity index (χ0n) is 13.8. The van der Waals surface area contributed by atoms with Gasteiger partial charge in [-0.1, -0.05) is 29.8 Å². The van der Waals surface area contributed by atoms with E-state index in [-0.39, 0.29) is 0 Å². The molecule has 0 amide bonds. The molecule has 1 saturated heterocycles. The first-order valence-electron chi connectivity index (χ1n) is 8.74. The van der Waals surface area contributed by atoms with E-state index in [1.165, 1.54) is 41.6 Å². The maximum atomic E-state index is 4.98. The van der Waals surface area contributed by atoms with Crippen LogP contribution in [0.4, 0.5) is 5.95 Å². The van der Waals surface area contributed by atoms with E-state index in [0.29, 0.717) is 0 Å². The first-order valence-corrected chi connectivity index (χ1v) is 8.74. The molecule has 1 N–H and O–H groups in total. The fraction of sp³-hybridized carbons (Fsp3) is 0.474. The van der Waals surface area contributed by atoms with Crippen LogP contribution in [0.3, 0.4) is 0 Å². The van der Waals surface area contributed by atoms with Crippen LogP contribution in [-0.4, -0.2) is 29.6 Å². The summed E-state index contributed by atoms with van der Waals surface area (Å²) in [4.78, 5) is 12.3. The largest absolute Gasteiger partial charge is 0.341 e. The van der Waals surface area contributed by atoms with E-state index < -0.39 is 0 Å². The SMILES string of the molecule is Cc1ccc(-c2nc(N3CCCCC3)nc3c2CNCC3)cc1. The number of anilines is 1. The Morgan fingerprint density at radius 1 is 1.00 bits per heavy atom. The lowest BCUT2D eigenvalue weighted by Gasteiger charge is -2.29. The lowest BCUT2D eigenvalue weighted by atomic mass is 9.99. The average molecular weight is 308 g/mol. The van der Waals surface area contributed by atoms with Crippen LogP contribution < -0.4 is 10.2 Å². The van der Waals surface area contributed by atoms with Crippen molar-refractivity contribution in [1.82, 2.24) is 15.3 Å². The van der Waals surface area contributed by atoms with Crippen LogP contribution >= 0.6 is 0 Å². The number of aryl methyl sites for hydroxylation is 1. The van der Waals surface area contributed by atoms with Gasteiger partial charge in [0.1, 0.15) is 0 Å². The molecule has 0 aliphatic carbocycles. The molecule has 2 aliphatic rings. The van der Waals surface area contributed by atoms with Crippen molar-refractivity contribution in [2.24, 2.45) is 0 Å². The van der Waals surface area contributed by atoms with Crippen molar-refractivity contribution in [1.29, 1.82) is 0 Å². The van der Waals surface area contributed by atoms with Gasteiger partial charge in [0.05, 0.1) is 11.4 Å². The van der Waals surface area contributed by atoms with E-state index in [2.05, 4.69) is 41.4 Å². The monoisotopic (exact) mass is 308 g/mol. The predicted molar refractivity (Wildman–Crippen MR) is 93.7 cm³/mol. The summed E-state index contributed by atoms with van der Waals surface area (Å²) in [6.07, 6.45) is 4.83. The number of benzene rings is 1. The van der Waals surface area contributed by atoms with Crippen molar-refractivity contribution in [2.75, 3.05) is 24.5 Å². The van der Waals surface area contributed by atoms with Crippen LogP contribution in [0.1, 0.15) is 36.1 Å². The van der Waals surface area contributed by atoms with Crippen molar-refractivity contribution >= 4 is 5.95 Å². The topological polar surface area (TPSA) is 41.1 Å². The van der Waals surface area contributed by atoms with Gasteiger partial charge in [-0.15, -0.1) is 0 Å². The van der Waals surface area contributed by atoms with Crippen molar-refractivity contribution in [3.63, 3.8) is 0 Å². The average Bonchev–Trinajstić information content (AvgIpc) is 2.62. The third-order valence-electron chi connectivity index (χ3n) is 4.89. The first kappa shape index (κ1) is 14.6. The van der Waals surface area contributed by atoms with E-state index in [1.54, 1.807) is 0 Å². The zero-order valence-corrected chi connectivity index (χ0v) is 13.8. The Bertz CT molecular complexity index is 687. The number of piperidine rings is 1. The molecule has 2 aromatic rings. The van der Waals surface area contributed by atoms with Crippen LogP contribution in [0.15, 0.2) is 24.3 Å².